The van der Waals surface area contributed by atoms with Crippen LogP contribution in [0.1, 0.15) is 31.9 Å². The lowest BCUT2D eigenvalue weighted by molar-refractivity contribution is 0.195. The summed E-state index contributed by atoms with van der Waals surface area (Å²) < 4.78 is 0. The average molecular weight is 225 g/mol. The smallest absolute Gasteiger partial charge is 0.0631 e. The lowest BCUT2D eigenvalue weighted by Crippen LogP contribution is -2.07. The number of hydrogen-bond acceptors (Lipinski definition) is 3. The van der Waals surface area contributed by atoms with E-state index in [0.717, 1.165) is 17.7 Å². The standard InChI is InChI=1S/C12H19NOS/c1-3-11(14)8-15-12-6-4-5-10(7-12)9(2)13/h4-7,9,11,14H,3,8,13H2,1-2H3. The normalized spacial score (nSPS) is 14.9. The molecule has 0 aliphatic rings. The van der Waals surface area contributed by atoms with E-state index in [4.69, 9.17) is 5.73 Å². The molecule has 0 aromatic heterocycles. The van der Waals surface area contributed by atoms with Crippen molar-refractivity contribution in [2.45, 2.75) is 37.3 Å². The van der Waals surface area contributed by atoms with Crippen molar-refractivity contribution in [1.82, 2.24) is 0 Å². The van der Waals surface area contributed by atoms with E-state index >= 15 is 0 Å². The number of rotatable bonds is 5. The van der Waals surface area contributed by atoms with Gasteiger partial charge >= 0.3 is 0 Å². The molecule has 3 N–H and O–H groups in total. The maximum absolute atomic E-state index is 9.45. The van der Waals surface area contributed by atoms with Gasteiger partial charge in [-0.2, -0.15) is 0 Å². The summed E-state index contributed by atoms with van der Waals surface area (Å²) in [5, 5.41) is 9.45. The topological polar surface area (TPSA) is 46.2 Å². The van der Waals surface area contributed by atoms with Crippen LogP contribution in [0.3, 0.4) is 0 Å². The van der Waals surface area contributed by atoms with Crippen LogP contribution in [-0.2, 0) is 0 Å². The van der Waals surface area contributed by atoms with E-state index < -0.39 is 0 Å². The molecule has 0 bridgehead atoms. The highest BCUT2D eigenvalue weighted by Gasteiger charge is 2.04. The van der Waals surface area contributed by atoms with E-state index in [1.165, 1.54) is 4.90 Å². The zero-order valence-electron chi connectivity index (χ0n) is 9.31. The third-order valence-electron chi connectivity index (χ3n) is 2.30. The number of aliphatic hydroxyl groups is 1. The molecule has 0 spiro atoms. The number of hydrogen-bond donors (Lipinski definition) is 2. The van der Waals surface area contributed by atoms with Gasteiger partial charge in [-0.15, -0.1) is 11.8 Å². The summed E-state index contributed by atoms with van der Waals surface area (Å²) in [6.07, 6.45) is 0.592. The Hall–Kier alpha value is -0.510. The first-order valence-electron chi connectivity index (χ1n) is 5.30. The summed E-state index contributed by atoms with van der Waals surface area (Å²) in [5.41, 5.74) is 6.95. The van der Waals surface area contributed by atoms with Crippen molar-refractivity contribution in [3.8, 4) is 0 Å². The van der Waals surface area contributed by atoms with E-state index in [9.17, 15) is 5.11 Å². The third-order valence-corrected chi connectivity index (χ3v) is 3.44. The van der Waals surface area contributed by atoms with Crippen LogP contribution in [0, 0.1) is 0 Å². The minimum absolute atomic E-state index is 0.0710. The average Bonchev–Trinajstić information content (AvgIpc) is 2.26. The molecule has 84 valence electrons. The number of aliphatic hydroxyl groups excluding tert-OH is 1. The molecular formula is C12H19NOS. The van der Waals surface area contributed by atoms with Crippen molar-refractivity contribution in [1.29, 1.82) is 0 Å². The Morgan fingerprint density at radius 2 is 2.20 bits per heavy atom. The van der Waals surface area contributed by atoms with Crippen LogP contribution in [0.15, 0.2) is 29.2 Å². The fraction of sp³-hybridized carbons (Fsp3) is 0.500. The summed E-state index contributed by atoms with van der Waals surface area (Å²) in [4.78, 5) is 1.18. The number of thioether (sulfide) groups is 1. The van der Waals surface area contributed by atoms with E-state index in [1.807, 2.05) is 26.0 Å². The van der Waals surface area contributed by atoms with Gasteiger partial charge in [-0.05, 0) is 31.0 Å². The van der Waals surface area contributed by atoms with Gasteiger partial charge < -0.3 is 10.8 Å². The Bertz CT molecular complexity index is 301. The van der Waals surface area contributed by atoms with Crippen molar-refractivity contribution in [3.05, 3.63) is 29.8 Å². The quantitative estimate of drug-likeness (QED) is 0.757. The Morgan fingerprint density at radius 3 is 2.80 bits per heavy atom. The summed E-state index contributed by atoms with van der Waals surface area (Å²) in [6, 6.07) is 8.27. The second-order valence-electron chi connectivity index (χ2n) is 3.73. The predicted octanol–water partition coefficient (Wildman–Crippen LogP) is 2.57. The third kappa shape index (κ3) is 4.24. The van der Waals surface area contributed by atoms with Crippen LogP contribution in [0.4, 0.5) is 0 Å². The molecule has 0 amide bonds. The molecule has 1 aromatic carbocycles. The van der Waals surface area contributed by atoms with Gasteiger partial charge in [-0.1, -0.05) is 19.1 Å². The SMILES string of the molecule is CCC(O)CSc1cccc(C(C)N)c1. The summed E-state index contributed by atoms with van der Waals surface area (Å²) >= 11 is 1.68. The minimum atomic E-state index is -0.214. The largest absolute Gasteiger partial charge is 0.392 e. The fourth-order valence-corrected chi connectivity index (χ4v) is 2.21. The molecule has 0 heterocycles. The molecule has 3 heteroatoms. The van der Waals surface area contributed by atoms with Crippen molar-refractivity contribution < 1.29 is 5.11 Å². The lowest BCUT2D eigenvalue weighted by Gasteiger charge is -2.10. The first-order chi connectivity index (χ1) is 7.13. The first kappa shape index (κ1) is 12.6. The predicted molar refractivity (Wildman–Crippen MR) is 66.1 cm³/mol. The molecule has 0 saturated carbocycles. The Balaban J connectivity index is 2.58. The number of benzene rings is 1. The molecule has 1 aromatic rings. The molecule has 0 aliphatic heterocycles. The highest BCUT2D eigenvalue weighted by Crippen LogP contribution is 2.22. The highest BCUT2D eigenvalue weighted by molar-refractivity contribution is 7.99. The Kier molecular flexibility index (Phi) is 5.15. The maximum atomic E-state index is 9.45. The molecule has 1 rings (SSSR count). The van der Waals surface area contributed by atoms with Gasteiger partial charge in [0.2, 0.25) is 0 Å². The molecule has 2 unspecified atom stereocenters. The van der Waals surface area contributed by atoms with Gasteiger partial charge in [-0.25, -0.2) is 0 Å². The molecule has 15 heavy (non-hydrogen) atoms. The van der Waals surface area contributed by atoms with Gasteiger partial charge in [0.25, 0.3) is 0 Å². The van der Waals surface area contributed by atoms with Crippen LogP contribution in [0.25, 0.3) is 0 Å². The van der Waals surface area contributed by atoms with Crippen LogP contribution >= 0.6 is 11.8 Å². The van der Waals surface area contributed by atoms with Gasteiger partial charge in [0.05, 0.1) is 6.10 Å². The first-order valence-corrected chi connectivity index (χ1v) is 6.28. The van der Waals surface area contributed by atoms with Crippen molar-refractivity contribution in [2.75, 3.05) is 5.75 Å². The Labute approximate surface area is 95.9 Å². The molecule has 2 nitrogen and oxygen atoms in total. The monoisotopic (exact) mass is 225 g/mol. The van der Waals surface area contributed by atoms with Crippen molar-refractivity contribution >= 4 is 11.8 Å². The molecule has 0 aliphatic carbocycles. The van der Waals surface area contributed by atoms with Gasteiger partial charge in [0.15, 0.2) is 0 Å². The van der Waals surface area contributed by atoms with Crippen molar-refractivity contribution in [2.24, 2.45) is 5.73 Å². The van der Waals surface area contributed by atoms with Gasteiger partial charge in [0, 0.05) is 16.7 Å². The van der Waals surface area contributed by atoms with Gasteiger partial charge in [-0.3, -0.25) is 0 Å². The van der Waals surface area contributed by atoms with E-state index in [1.54, 1.807) is 11.8 Å². The lowest BCUT2D eigenvalue weighted by atomic mass is 10.1. The highest BCUT2D eigenvalue weighted by atomic mass is 32.2. The fourth-order valence-electron chi connectivity index (χ4n) is 1.20. The molecule has 0 fully saturated rings. The summed E-state index contributed by atoms with van der Waals surface area (Å²) in [5.74, 6) is 0.749. The molecule has 0 saturated heterocycles. The summed E-state index contributed by atoms with van der Waals surface area (Å²) in [7, 11) is 0. The van der Waals surface area contributed by atoms with Crippen LogP contribution in [0.2, 0.25) is 0 Å². The van der Waals surface area contributed by atoms with Crippen molar-refractivity contribution in [3.63, 3.8) is 0 Å². The molecular weight excluding hydrogens is 206 g/mol. The second kappa shape index (κ2) is 6.16. The van der Waals surface area contributed by atoms with E-state index in [0.29, 0.717) is 0 Å². The van der Waals surface area contributed by atoms with E-state index in [-0.39, 0.29) is 12.1 Å². The van der Waals surface area contributed by atoms with Crippen LogP contribution in [-0.4, -0.2) is 17.0 Å². The van der Waals surface area contributed by atoms with Crippen LogP contribution < -0.4 is 5.73 Å². The molecule has 2 atom stereocenters. The second-order valence-corrected chi connectivity index (χ2v) is 4.83. The Morgan fingerprint density at radius 1 is 1.47 bits per heavy atom. The molecule has 0 radical (unpaired) electrons. The summed E-state index contributed by atoms with van der Waals surface area (Å²) in [6.45, 7) is 3.97. The minimum Gasteiger partial charge on any atom is -0.392 e. The number of nitrogens with two attached hydrogens (primary N) is 1. The van der Waals surface area contributed by atoms with E-state index in [2.05, 4.69) is 12.1 Å². The zero-order chi connectivity index (χ0) is 11.3. The zero-order valence-corrected chi connectivity index (χ0v) is 10.1. The van der Waals surface area contributed by atoms with Crippen LogP contribution in [0.5, 0.6) is 0 Å². The maximum Gasteiger partial charge on any atom is 0.0631 e. The van der Waals surface area contributed by atoms with Gasteiger partial charge in [0.1, 0.15) is 0 Å².